The van der Waals surface area contributed by atoms with Crippen LogP contribution in [0.25, 0.3) is 0 Å². The number of nitrogens with one attached hydrogen (secondary N) is 1. The number of nitrogens with zero attached hydrogens (tertiary/aromatic N) is 2. The Kier molecular flexibility index (Phi) is 4.76. The van der Waals surface area contributed by atoms with E-state index < -0.39 is 5.54 Å². The fourth-order valence-electron chi connectivity index (χ4n) is 2.40. The number of ether oxygens (including phenoxy) is 1. The quantitative estimate of drug-likeness (QED) is 0.762. The Labute approximate surface area is 143 Å². The Balaban J connectivity index is 1.76. The zero-order valence-electron chi connectivity index (χ0n) is 14.7. The van der Waals surface area contributed by atoms with E-state index in [2.05, 4.69) is 15.3 Å². The second kappa shape index (κ2) is 6.67. The molecular formula is C18H27N3O3. The first kappa shape index (κ1) is 17.1. The minimum atomic E-state index is -0.692. The molecule has 1 amide bonds. The second-order valence-electron chi connectivity index (χ2n) is 7.66. The molecule has 6 heteroatoms. The molecule has 1 aromatic heterocycles. The van der Waals surface area contributed by atoms with Gasteiger partial charge in [-0.15, -0.1) is 0 Å². The van der Waals surface area contributed by atoms with Crippen LogP contribution in [0.4, 0.5) is 0 Å². The maximum Gasteiger partial charge on any atom is 0.272 e. The van der Waals surface area contributed by atoms with Crippen molar-refractivity contribution in [1.29, 1.82) is 0 Å². The number of carbonyl (C=O) groups is 1. The highest BCUT2D eigenvalue weighted by Gasteiger charge is 2.33. The first-order valence-corrected chi connectivity index (χ1v) is 8.86. The molecule has 1 heterocycles. The third kappa shape index (κ3) is 3.86. The van der Waals surface area contributed by atoms with Crippen molar-refractivity contribution in [2.75, 3.05) is 13.2 Å². The molecule has 132 valence electrons. The Bertz CT molecular complexity index is 612. The van der Waals surface area contributed by atoms with Gasteiger partial charge in [0.05, 0.1) is 24.9 Å². The molecular weight excluding hydrogens is 306 g/mol. The lowest BCUT2D eigenvalue weighted by Gasteiger charge is -2.32. The molecule has 2 N–H and O–H groups in total. The average Bonchev–Trinajstić information content (AvgIpc) is 3.46. The maximum absolute atomic E-state index is 12.5. The summed E-state index contributed by atoms with van der Waals surface area (Å²) in [6.07, 6.45) is 6.14. The minimum absolute atomic E-state index is 0.0933. The number of hydrogen-bond donors (Lipinski definition) is 2. The lowest BCUT2D eigenvalue weighted by atomic mass is 9.89. The Morgan fingerprint density at radius 2 is 2.12 bits per heavy atom. The molecule has 2 fully saturated rings. The molecule has 3 rings (SSSR count). The van der Waals surface area contributed by atoms with Gasteiger partial charge in [-0.2, -0.15) is 0 Å². The SMILES string of the molecule is CC(C)[C@@](C)(CO)NC(=O)c1cnc(C2CC2)c(OCC2CC2)n1. The molecule has 0 saturated heterocycles. The molecule has 24 heavy (non-hydrogen) atoms. The van der Waals surface area contributed by atoms with Crippen LogP contribution < -0.4 is 10.1 Å². The summed E-state index contributed by atoms with van der Waals surface area (Å²) in [6.45, 7) is 6.27. The molecule has 2 saturated carbocycles. The standard InChI is InChI=1S/C18H27N3O3/c1-11(2)18(3,10-22)21-16(23)14-8-19-15(13-6-7-13)17(20-14)24-9-12-4-5-12/h8,11-13,22H,4-7,9-10H2,1-3H3,(H,21,23)/t18-/m1/s1. The zero-order chi connectivity index (χ0) is 17.3. The Morgan fingerprint density at radius 3 is 2.67 bits per heavy atom. The number of aromatic nitrogens is 2. The van der Waals surface area contributed by atoms with Crippen LogP contribution >= 0.6 is 0 Å². The van der Waals surface area contributed by atoms with Crippen molar-refractivity contribution in [2.45, 2.75) is 57.9 Å². The summed E-state index contributed by atoms with van der Waals surface area (Å²) in [5.41, 5.74) is 0.426. The summed E-state index contributed by atoms with van der Waals surface area (Å²) < 4.78 is 5.85. The molecule has 0 aromatic carbocycles. The van der Waals surface area contributed by atoms with E-state index in [1.54, 1.807) is 0 Å². The highest BCUT2D eigenvalue weighted by atomic mass is 16.5. The van der Waals surface area contributed by atoms with Crippen LogP contribution in [0, 0.1) is 11.8 Å². The summed E-state index contributed by atoms with van der Waals surface area (Å²) in [5, 5.41) is 12.5. The Hall–Kier alpha value is -1.69. The van der Waals surface area contributed by atoms with E-state index in [9.17, 15) is 9.90 Å². The van der Waals surface area contributed by atoms with Crippen LogP contribution in [0.2, 0.25) is 0 Å². The molecule has 0 aliphatic heterocycles. The van der Waals surface area contributed by atoms with E-state index in [1.165, 1.54) is 19.0 Å². The van der Waals surface area contributed by atoms with E-state index in [0.29, 0.717) is 24.3 Å². The molecule has 1 atom stereocenters. The molecule has 2 aliphatic carbocycles. The molecule has 6 nitrogen and oxygen atoms in total. The van der Waals surface area contributed by atoms with E-state index in [1.807, 2.05) is 20.8 Å². The van der Waals surface area contributed by atoms with Crippen molar-refractivity contribution >= 4 is 5.91 Å². The van der Waals surface area contributed by atoms with Crippen molar-refractivity contribution < 1.29 is 14.6 Å². The molecule has 0 spiro atoms. The van der Waals surface area contributed by atoms with Crippen LogP contribution in [0.5, 0.6) is 5.88 Å². The first-order chi connectivity index (χ1) is 11.4. The van der Waals surface area contributed by atoms with Gasteiger partial charge in [0, 0.05) is 5.92 Å². The van der Waals surface area contributed by atoms with Gasteiger partial charge in [-0.05, 0) is 44.4 Å². The number of carbonyl (C=O) groups excluding carboxylic acids is 1. The lowest BCUT2D eigenvalue weighted by Crippen LogP contribution is -2.52. The van der Waals surface area contributed by atoms with Crippen LogP contribution in [-0.2, 0) is 0 Å². The second-order valence-corrected chi connectivity index (χ2v) is 7.66. The van der Waals surface area contributed by atoms with Gasteiger partial charge >= 0.3 is 0 Å². The number of aliphatic hydroxyl groups excluding tert-OH is 1. The summed E-state index contributed by atoms with van der Waals surface area (Å²) >= 11 is 0. The van der Waals surface area contributed by atoms with Crippen LogP contribution in [0.3, 0.4) is 0 Å². The third-order valence-corrected chi connectivity index (χ3v) is 5.12. The summed E-state index contributed by atoms with van der Waals surface area (Å²) in [5.74, 6) is 1.31. The molecule has 0 bridgehead atoms. The van der Waals surface area contributed by atoms with Crippen LogP contribution in [0.15, 0.2) is 6.20 Å². The van der Waals surface area contributed by atoms with Crippen LogP contribution in [-0.4, -0.2) is 39.7 Å². The van der Waals surface area contributed by atoms with Crippen molar-refractivity contribution in [2.24, 2.45) is 11.8 Å². The highest BCUT2D eigenvalue weighted by Crippen LogP contribution is 2.42. The van der Waals surface area contributed by atoms with Gasteiger partial charge in [0.25, 0.3) is 5.91 Å². The van der Waals surface area contributed by atoms with E-state index in [4.69, 9.17) is 4.74 Å². The topological polar surface area (TPSA) is 84.3 Å². The van der Waals surface area contributed by atoms with E-state index in [-0.39, 0.29) is 24.1 Å². The zero-order valence-corrected chi connectivity index (χ0v) is 14.7. The Morgan fingerprint density at radius 1 is 1.42 bits per heavy atom. The van der Waals surface area contributed by atoms with Crippen molar-refractivity contribution in [3.63, 3.8) is 0 Å². The molecule has 0 radical (unpaired) electrons. The number of amides is 1. The van der Waals surface area contributed by atoms with Crippen LogP contribution in [0.1, 0.15) is 68.6 Å². The lowest BCUT2D eigenvalue weighted by molar-refractivity contribution is 0.0777. The molecule has 2 aliphatic rings. The van der Waals surface area contributed by atoms with Gasteiger partial charge < -0.3 is 15.2 Å². The van der Waals surface area contributed by atoms with E-state index in [0.717, 1.165) is 18.5 Å². The van der Waals surface area contributed by atoms with Gasteiger partial charge in [-0.3, -0.25) is 9.78 Å². The minimum Gasteiger partial charge on any atom is -0.476 e. The average molecular weight is 333 g/mol. The summed E-state index contributed by atoms with van der Waals surface area (Å²) in [4.78, 5) is 21.4. The molecule has 1 aromatic rings. The number of aliphatic hydroxyl groups is 1. The van der Waals surface area contributed by atoms with E-state index >= 15 is 0 Å². The fourth-order valence-corrected chi connectivity index (χ4v) is 2.40. The van der Waals surface area contributed by atoms with Gasteiger partial charge in [0.2, 0.25) is 5.88 Å². The largest absolute Gasteiger partial charge is 0.476 e. The third-order valence-electron chi connectivity index (χ3n) is 5.12. The predicted molar refractivity (Wildman–Crippen MR) is 90.0 cm³/mol. The normalized spacial score (nSPS) is 19.9. The molecule has 0 unspecified atom stereocenters. The van der Waals surface area contributed by atoms with Crippen molar-refractivity contribution in [3.8, 4) is 5.88 Å². The fraction of sp³-hybridized carbons (Fsp3) is 0.722. The smallest absolute Gasteiger partial charge is 0.272 e. The van der Waals surface area contributed by atoms with Gasteiger partial charge in [0.1, 0.15) is 11.4 Å². The van der Waals surface area contributed by atoms with Gasteiger partial charge in [-0.25, -0.2) is 4.98 Å². The number of rotatable bonds is 8. The van der Waals surface area contributed by atoms with Crippen molar-refractivity contribution in [3.05, 3.63) is 17.6 Å². The monoisotopic (exact) mass is 333 g/mol. The van der Waals surface area contributed by atoms with Gasteiger partial charge in [0.15, 0.2) is 0 Å². The summed E-state index contributed by atoms with van der Waals surface area (Å²) in [7, 11) is 0. The predicted octanol–water partition coefficient (Wildman–Crippen LogP) is 2.28. The maximum atomic E-state index is 12.5. The number of hydrogen-bond acceptors (Lipinski definition) is 5. The highest BCUT2D eigenvalue weighted by molar-refractivity contribution is 5.92. The van der Waals surface area contributed by atoms with Gasteiger partial charge in [-0.1, -0.05) is 13.8 Å². The van der Waals surface area contributed by atoms with Crippen molar-refractivity contribution in [1.82, 2.24) is 15.3 Å². The summed E-state index contributed by atoms with van der Waals surface area (Å²) in [6, 6.07) is 0. The first-order valence-electron chi connectivity index (χ1n) is 8.86.